The summed E-state index contributed by atoms with van der Waals surface area (Å²) < 4.78 is 0. The number of fused-ring (bicyclic) bond motifs is 1. The molecule has 106 valence electrons. The molecule has 3 aromatic rings. The minimum absolute atomic E-state index is 0.144. The number of hydrogen-bond donors (Lipinski definition) is 1. The van der Waals surface area contributed by atoms with E-state index in [2.05, 4.69) is 17.1 Å². The lowest BCUT2D eigenvalue weighted by molar-refractivity contribution is 0.0944. The van der Waals surface area contributed by atoms with Crippen LogP contribution in [0.4, 0.5) is 0 Å². The Morgan fingerprint density at radius 3 is 2.57 bits per heavy atom. The van der Waals surface area contributed by atoms with E-state index >= 15 is 0 Å². The van der Waals surface area contributed by atoms with E-state index in [1.165, 1.54) is 5.56 Å². The fourth-order valence-corrected chi connectivity index (χ4v) is 2.58. The Hall–Kier alpha value is -2.39. The number of nitrogens with one attached hydrogen (secondary N) is 1. The molecule has 0 aliphatic carbocycles. The molecule has 3 heteroatoms. The predicted octanol–water partition coefficient (Wildman–Crippen LogP) is 3.48. The maximum Gasteiger partial charge on any atom is 0.178 e. The van der Waals surface area contributed by atoms with Gasteiger partial charge >= 0.3 is 0 Å². The van der Waals surface area contributed by atoms with Gasteiger partial charge in [-0.1, -0.05) is 48.5 Å². The summed E-state index contributed by atoms with van der Waals surface area (Å²) in [6.07, 6.45) is 1.81. The van der Waals surface area contributed by atoms with E-state index in [4.69, 9.17) is 0 Å². The fraction of sp³-hybridized carbons (Fsp3) is 0.167. The van der Waals surface area contributed by atoms with Gasteiger partial charge in [-0.3, -0.25) is 9.69 Å². The van der Waals surface area contributed by atoms with Crippen LogP contribution >= 0.6 is 0 Å². The lowest BCUT2D eigenvalue weighted by atomic mass is 10.1. The first-order chi connectivity index (χ1) is 10.2. The summed E-state index contributed by atoms with van der Waals surface area (Å²) in [6.45, 7) is 1.19. The first-order valence-electron chi connectivity index (χ1n) is 7.06. The number of rotatable bonds is 5. The van der Waals surface area contributed by atoms with E-state index in [1.807, 2.05) is 60.6 Å². The van der Waals surface area contributed by atoms with Crippen LogP contribution in [0.15, 0.2) is 60.8 Å². The Morgan fingerprint density at radius 1 is 1.05 bits per heavy atom. The SMILES string of the molecule is CN(CC(=O)c1c[nH]c2ccccc12)Cc1ccccc1. The van der Waals surface area contributed by atoms with Crippen LogP contribution in [0.5, 0.6) is 0 Å². The summed E-state index contributed by atoms with van der Waals surface area (Å²) in [5, 5.41) is 0.996. The number of likely N-dealkylation sites (N-methyl/N-ethyl adjacent to an activating group) is 1. The number of nitrogens with zero attached hydrogens (tertiary/aromatic N) is 1. The molecular formula is C18H18N2O. The molecule has 0 radical (unpaired) electrons. The number of aromatic amines is 1. The van der Waals surface area contributed by atoms with E-state index in [0.717, 1.165) is 23.0 Å². The summed E-state index contributed by atoms with van der Waals surface area (Å²) in [4.78, 5) is 17.7. The molecule has 0 amide bonds. The maximum absolute atomic E-state index is 12.5. The molecule has 3 nitrogen and oxygen atoms in total. The van der Waals surface area contributed by atoms with Crippen LogP contribution in [-0.4, -0.2) is 29.3 Å². The molecule has 0 saturated heterocycles. The van der Waals surface area contributed by atoms with Crippen molar-refractivity contribution in [2.75, 3.05) is 13.6 Å². The highest BCUT2D eigenvalue weighted by Crippen LogP contribution is 2.18. The smallest absolute Gasteiger partial charge is 0.178 e. The van der Waals surface area contributed by atoms with Crippen LogP contribution < -0.4 is 0 Å². The molecule has 0 saturated carbocycles. The third-order valence-corrected chi connectivity index (χ3v) is 3.60. The number of H-pyrrole nitrogens is 1. The van der Waals surface area contributed by atoms with Crippen molar-refractivity contribution in [1.29, 1.82) is 0 Å². The molecule has 1 N–H and O–H groups in total. The van der Waals surface area contributed by atoms with Crippen LogP contribution in [0.1, 0.15) is 15.9 Å². The second-order valence-corrected chi connectivity index (χ2v) is 5.33. The van der Waals surface area contributed by atoms with Crippen molar-refractivity contribution >= 4 is 16.7 Å². The van der Waals surface area contributed by atoms with Gasteiger partial charge in [0.15, 0.2) is 5.78 Å². The van der Waals surface area contributed by atoms with Crippen molar-refractivity contribution < 1.29 is 4.79 Å². The Kier molecular flexibility index (Phi) is 3.84. The minimum Gasteiger partial charge on any atom is -0.360 e. The Bertz CT molecular complexity index is 746. The van der Waals surface area contributed by atoms with E-state index in [0.29, 0.717) is 6.54 Å². The van der Waals surface area contributed by atoms with Gasteiger partial charge in [0.2, 0.25) is 0 Å². The Morgan fingerprint density at radius 2 is 1.76 bits per heavy atom. The standard InChI is InChI=1S/C18H18N2O/c1-20(12-14-7-3-2-4-8-14)13-18(21)16-11-19-17-10-6-5-9-15(16)17/h2-11,19H,12-13H2,1H3. The average molecular weight is 278 g/mol. The second-order valence-electron chi connectivity index (χ2n) is 5.33. The van der Waals surface area contributed by atoms with Crippen LogP contribution in [-0.2, 0) is 6.54 Å². The lowest BCUT2D eigenvalue weighted by Crippen LogP contribution is -2.25. The van der Waals surface area contributed by atoms with Gasteiger partial charge in [-0.2, -0.15) is 0 Å². The zero-order valence-corrected chi connectivity index (χ0v) is 12.0. The molecule has 0 aliphatic heterocycles. The summed E-state index contributed by atoms with van der Waals surface area (Å²) in [6, 6.07) is 18.1. The number of Topliss-reactive ketones (excluding diaryl/α,β-unsaturated/α-hetero) is 1. The van der Waals surface area contributed by atoms with Crippen molar-refractivity contribution in [3.05, 3.63) is 71.9 Å². The number of aromatic nitrogens is 1. The van der Waals surface area contributed by atoms with Gasteiger partial charge < -0.3 is 4.98 Å². The van der Waals surface area contributed by atoms with Gasteiger partial charge in [-0.15, -0.1) is 0 Å². The molecule has 2 aromatic carbocycles. The van der Waals surface area contributed by atoms with Crippen molar-refractivity contribution in [2.24, 2.45) is 0 Å². The van der Waals surface area contributed by atoms with Gasteiger partial charge in [0.1, 0.15) is 0 Å². The van der Waals surface area contributed by atoms with E-state index in [9.17, 15) is 4.79 Å². The van der Waals surface area contributed by atoms with Crippen molar-refractivity contribution in [2.45, 2.75) is 6.54 Å². The van der Waals surface area contributed by atoms with E-state index < -0.39 is 0 Å². The van der Waals surface area contributed by atoms with Crippen LogP contribution in [0.25, 0.3) is 10.9 Å². The van der Waals surface area contributed by atoms with E-state index in [1.54, 1.807) is 0 Å². The number of carbonyl (C=O) groups is 1. The third kappa shape index (κ3) is 3.03. The van der Waals surface area contributed by atoms with Crippen molar-refractivity contribution in [3.8, 4) is 0 Å². The summed E-state index contributed by atoms with van der Waals surface area (Å²) >= 11 is 0. The highest BCUT2D eigenvalue weighted by molar-refractivity contribution is 6.08. The summed E-state index contributed by atoms with van der Waals surface area (Å²) in [7, 11) is 1.97. The van der Waals surface area contributed by atoms with Gasteiger partial charge in [-0.25, -0.2) is 0 Å². The fourth-order valence-electron chi connectivity index (χ4n) is 2.58. The summed E-state index contributed by atoms with van der Waals surface area (Å²) in [5.74, 6) is 0.144. The predicted molar refractivity (Wildman–Crippen MR) is 85.4 cm³/mol. The minimum atomic E-state index is 0.144. The largest absolute Gasteiger partial charge is 0.360 e. The second kappa shape index (κ2) is 5.94. The molecule has 1 aromatic heterocycles. The zero-order valence-electron chi connectivity index (χ0n) is 12.0. The van der Waals surface area contributed by atoms with E-state index in [-0.39, 0.29) is 5.78 Å². The monoisotopic (exact) mass is 278 g/mol. The van der Waals surface area contributed by atoms with Crippen LogP contribution in [0.3, 0.4) is 0 Å². The molecule has 3 rings (SSSR count). The maximum atomic E-state index is 12.5. The van der Waals surface area contributed by atoms with Crippen LogP contribution in [0, 0.1) is 0 Å². The molecular weight excluding hydrogens is 260 g/mol. The van der Waals surface area contributed by atoms with Crippen LogP contribution in [0.2, 0.25) is 0 Å². The molecule has 0 unspecified atom stereocenters. The van der Waals surface area contributed by atoms with Gasteiger partial charge in [-0.05, 0) is 18.7 Å². The van der Waals surface area contributed by atoms with Gasteiger partial charge in [0.25, 0.3) is 0 Å². The number of hydrogen-bond acceptors (Lipinski definition) is 2. The zero-order chi connectivity index (χ0) is 14.7. The Balaban J connectivity index is 1.71. The number of ketones is 1. The third-order valence-electron chi connectivity index (χ3n) is 3.60. The molecule has 0 bridgehead atoms. The normalized spacial score (nSPS) is 11.1. The van der Waals surface area contributed by atoms with Gasteiger partial charge in [0.05, 0.1) is 6.54 Å². The lowest BCUT2D eigenvalue weighted by Gasteiger charge is -2.15. The molecule has 0 atom stereocenters. The quantitative estimate of drug-likeness (QED) is 0.725. The highest BCUT2D eigenvalue weighted by Gasteiger charge is 2.13. The summed E-state index contributed by atoms with van der Waals surface area (Å²) in [5.41, 5.74) is 2.99. The molecule has 0 fully saturated rings. The van der Waals surface area contributed by atoms with Gasteiger partial charge in [0, 0.05) is 29.2 Å². The average Bonchev–Trinajstić information content (AvgIpc) is 2.92. The number of carbonyl (C=O) groups excluding carboxylic acids is 1. The molecule has 1 heterocycles. The number of para-hydroxylation sites is 1. The highest BCUT2D eigenvalue weighted by atomic mass is 16.1. The first kappa shape index (κ1) is 13.6. The van der Waals surface area contributed by atoms with Crippen molar-refractivity contribution in [3.63, 3.8) is 0 Å². The molecule has 21 heavy (non-hydrogen) atoms. The first-order valence-corrected chi connectivity index (χ1v) is 7.06. The van der Waals surface area contributed by atoms with Crippen molar-refractivity contribution in [1.82, 2.24) is 9.88 Å². The molecule has 0 spiro atoms. The topological polar surface area (TPSA) is 36.1 Å². The Labute approximate surface area is 124 Å². The number of benzene rings is 2. The molecule has 0 aliphatic rings.